The van der Waals surface area contributed by atoms with E-state index < -0.39 is 0 Å². The normalized spacial score (nSPS) is 10.8. The Morgan fingerprint density at radius 2 is 2.04 bits per heavy atom. The Hall–Kier alpha value is -1.84. The number of guanidine groups is 1. The number of benzene rings is 1. The maximum absolute atomic E-state index is 5.62. The Bertz CT molecular complexity index is 589. The Morgan fingerprint density at radius 3 is 2.70 bits per heavy atom. The second-order valence-corrected chi connectivity index (χ2v) is 4.60. The van der Waals surface area contributed by atoms with Crippen LogP contribution in [0.3, 0.4) is 0 Å². The molecule has 2 rings (SSSR count). The third-order valence-electron chi connectivity index (χ3n) is 2.83. The van der Waals surface area contributed by atoms with Gasteiger partial charge in [0, 0.05) is 20.5 Å². The average molecular weight is 431 g/mol. The van der Waals surface area contributed by atoms with Gasteiger partial charge in [0.2, 0.25) is 5.89 Å². The fourth-order valence-electron chi connectivity index (χ4n) is 1.78. The van der Waals surface area contributed by atoms with Crippen molar-refractivity contribution in [1.82, 2.24) is 20.8 Å². The molecule has 0 saturated heterocycles. The number of ether oxygens (including phenoxy) is 1. The lowest BCUT2D eigenvalue weighted by atomic mass is 10.3. The molecule has 1 heterocycles. The summed E-state index contributed by atoms with van der Waals surface area (Å²) >= 11 is 0. The smallest absolute Gasteiger partial charge is 0.223 e. The van der Waals surface area contributed by atoms with Gasteiger partial charge in [-0.2, -0.15) is 4.98 Å². The van der Waals surface area contributed by atoms with Crippen molar-refractivity contribution >= 4 is 29.9 Å². The van der Waals surface area contributed by atoms with Gasteiger partial charge in [0.05, 0.1) is 13.2 Å². The molecule has 1 aromatic heterocycles. The fraction of sp³-hybridized carbons (Fsp3) is 0.400. The second kappa shape index (κ2) is 10.8. The van der Waals surface area contributed by atoms with E-state index in [4.69, 9.17) is 9.26 Å². The number of para-hydroxylation sites is 1. The third-order valence-corrected chi connectivity index (χ3v) is 2.83. The summed E-state index contributed by atoms with van der Waals surface area (Å²) in [6.45, 7) is 3.64. The van der Waals surface area contributed by atoms with E-state index in [0.717, 1.165) is 18.7 Å². The Kier molecular flexibility index (Phi) is 9.03. The van der Waals surface area contributed by atoms with Crippen LogP contribution < -0.4 is 15.4 Å². The highest BCUT2D eigenvalue weighted by atomic mass is 127. The van der Waals surface area contributed by atoms with Crippen molar-refractivity contribution in [3.05, 3.63) is 42.0 Å². The zero-order chi connectivity index (χ0) is 15.6. The van der Waals surface area contributed by atoms with Crippen molar-refractivity contribution in [2.24, 2.45) is 4.99 Å². The van der Waals surface area contributed by atoms with Crippen LogP contribution in [0.25, 0.3) is 0 Å². The molecule has 0 aliphatic carbocycles. The van der Waals surface area contributed by atoms with Crippen molar-refractivity contribution in [2.75, 3.05) is 20.2 Å². The maximum Gasteiger partial charge on any atom is 0.223 e. The summed E-state index contributed by atoms with van der Waals surface area (Å²) < 4.78 is 10.5. The third kappa shape index (κ3) is 7.31. The molecule has 23 heavy (non-hydrogen) atoms. The van der Waals surface area contributed by atoms with Crippen LogP contribution in [0.2, 0.25) is 0 Å². The Balaban J connectivity index is 0.00000264. The predicted molar refractivity (Wildman–Crippen MR) is 99.2 cm³/mol. The second-order valence-electron chi connectivity index (χ2n) is 4.60. The van der Waals surface area contributed by atoms with Crippen LogP contribution in [0, 0.1) is 6.92 Å². The van der Waals surface area contributed by atoms with Gasteiger partial charge in [0.25, 0.3) is 0 Å². The number of aryl methyl sites for hydroxylation is 1. The SMILES string of the molecule is CN=C(NCCCOc1ccccc1)NCc1noc(C)n1.I. The van der Waals surface area contributed by atoms with Crippen molar-refractivity contribution in [3.63, 3.8) is 0 Å². The summed E-state index contributed by atoms with van der Waals surface area (Å²) in [4.78, 5) is 8.25. The molecule has 2 N–H and O–H groups in total. The van der Waals surface area contributed by atoms with Crippen LogP contribution in [0.5, 0.6) is 5.75 Å². The first-order chi connectivity index (χ1) is 10.8. The van der Waals surface area contributed by atoms with Gasteiger partial charge in [-0.05, 0) is 18.6 Å². The number of hydrogen-bond donors (Lipinski definition) is 2. The van der Waals surface area contributed by atoms with E-state index in [-0.39, 0.29) is 24.0 Å². The number of aromatic nitrogens is 2. The molecule has 7 nitrogen and oxygen atoms in total. The van der Waals surface area contributed by atoms with E-state index in [2.05, 4.69) is 25.8 Å². The summed E-state index contributed by atoms with van der Waals surface area (Å²) in [5.74, 6) is 2.74. The lowest BCUT2D eigenvalue weighted by molar-refractivity contribution is 0.311. The molecule has 1 aromatic carbocycles. The zero-order valence-corrected chi connectivity index (χ0v) is 15.6. The summed E-state index contributed by atoms with van der Waals surface area (Å²) in [6, 6.07) is 9.77. The van der Waals surface area contributed by atoms with Crippen molar-refractivity contribution < 1.29 is 9.26 Å². The Labute approximate surface area is 152 Å². The predicted octanol–water partition coefficient (Wildman–Crippen LogP) is 2.13. The van der Waals surface area contributed by atoms with Crippen molar-refractivity contribution in [1.29, 1.82) is 0 Å². The summed E-state index contributed by atoms with van der Waals surface area (Å²) in [5.41, 5.74) is 0. The first-order valence-electron chi connectivity index (χ1n) is 7.19. The molecule has 0 unspecified atom stereocenters. The lowest BCUT2D eigenvalue weighted by Gasteiger charge is -2.11. The molecule has 0 atom stereocenters. The monoisotopic (exact) mass is 431 g/mol. The van der Waals surface area contributed by atoms with Crippen molar-refractivity contribution in [3.8, 4) is 5.75 Å². The molecule has 0 amide bonds. The molecule has 2 aromatic rings. The highest BCUT2D eigenvalue weighted by Gasteiger charge is 2.03. The van der Waals surface area contributed by atoms with Gasteiger partial charge in [-0.15, -0.1) is 24.0 Å². The van der Waals surface area contributed by atoms with Crippen LogP contribution in [-0.2, 0) is 6.54 Å². The summed E-state index contributed by atoms with van der Waals surface area (Å²) in [5, 5.41) is 10.1. The molecule has 8 heteroatoms. The first kappa shape index (κ1) is 19.2. The number of halogens is 1. The highest BCUT2D eigenvalue weighted by molar-refractivity contribution is 14.0. The lowest BCUT2D eigenvalue weighted by Crippen LogP contribution is -2.37. The van der Waals surface area contributed by atoms with E-state index in [1.54, 1.807) is 14.0 Å². The molecule has 0 fully saturated rings. The number of nitrogens with one attached hydrogen (secondary N) is 2. The highest BCUT2D eigenvalue weighted by Crippen LogP contribution is 2.07. The van der Waals surface area contributed by atoms with Gasteiger partial charge in [-0.25, -0.2) is 0 Å². The maximum atomic E-state index is 5.62. The minimum absolute atomic E-state index is 0. The van der Waals surface area contributed by atoms with E-state index in [1.165, 1.54) is 0 Å². The molecule has 0 radical (unpaired) electrons. The molecule has 0 saturated carbocycles. The fourth-order valence-corrected chi connectivity index (χ4v) is 1.78. The topological polar surface area (TPSA) is 84.6 Å². The zero-order valence-electron chi connectivity index (χ0n) is 13.3. The van der Waals surface area contributed by atoms with Gasteiger partial charge in [0.15, 0.2) is 11.8 Å². The van der Waals surface area contributed by atoms with E-state index in [9.17, 15) is 0 Å². The van der Waals surface area contributed by atoms with Crippen LogP contribution in [0.1, 0.15) is 18.1 Å². The minimum atomic E-state index is 0. The molecule has 0 aliphatic rings. The van der Waals surface area contributed by atoms with E-state index in [1.807, 2.05) is 30.3 Å². The quantitative estimate of drug-likeness (QED) is 0.303. The van der Waals surface area contributed by atoms with Crippen LogP contribution >= 0.6 is 24.0 Å². The largest absolute Gasteiger partial charge is 0.494 e. The van der Waals surface area contributed by atoms with Gasteiger partial charge < -0.3 is 19.9 Å². The van der Waals surface area contributed by atoms with Crippen LogP contribution in [0.4, 0.5) is 0 Å². The van der Waals surface area contributed by atoms with Gasteiger partial charge >= 0.3 is 0 Å². The average Bonchev–Trinajstić information content (AvgIpc) is 2.96. The van der Waals surface area contributed by atoms with E-state index in [0.29, 0.717) is 30.8 Å². The number of rotatable bonds is 7. The summed E-state index contributed by atoms with van der Waals surface area (Å²) in [6.07, 6.45) is 0.872. The van der Waals surface area contributed by atoms with E-state index >= 15 is 0 Å². The molecular formula is C15H22IN5O2. The number of hydrogen-bond acceptors (Lipinski definition) is 5. The Morgan fingerprint density at radius 1 is 1.26 bits per heavy atom. The molecule has 0 aliphatic heterocycles. The van der Waals surface area contributed by atoms with Crippen molar-refractivity contribution in [2.45, 2.75) is 19.9 Å². The van der Waals surface area contributed by atoms with Gasteiger partial charge in [-0.1, -0.05) is 23.4 Å². The standard InChI is InChI=1S/C15H21N5O2.HI/c1-12-19-14(20-22-12)11-18-15(16-2)17-9-6-10-21-13-7-4-3-5-8-13;/h3-5,7-8H,6,9-11H2,1-2H3,(H2,16,17,18);1H. The van der Waals surface area contributed by atoms with Gasteiger partial charge in [-0.3, -0.25) is 4.99 Å². The number of nitrogens with zero attached hydrogens (tertiary/aromatic N) is 3. The first-order valence-corrected chi connectivity index (χ1v) is 7.19. The summed E-state index contributed by atoms with van der Waals surface area (Å²) in [7, 11) is 1.72. The molecule has 0 bridgehead atoms. The molecular weight excluding hydrogens is 409 g/mol. The number of aliphatic imine (C=N–C) groups is 1. The molecule has 126 valence electrons. The molecule has 0 spiro atoms. The van der Waals surface area contributed by atoms with Gasteiger partial charge in [0.1, 0.15) is 5.75 Å². The van der Waals surface area contributed by atoms with Crippen LogP contribution in [0.15, 0.2) is 39.8 Å². The minimum Gasteiger partial charge on any atom is -0.494 e. The van der Waals surface area contributed by atoms with Crippen LogP contribution in [-0.4, -0.2) is 36.3 Å².